The molecule has 1 rings (SSSR count). The summed E-state index contributed by atoms with van der Waals surface area (Å²) < 4.78 is 12.8. The van der Waals surface area contributed by atoms with Gasteiger partial charge in [-0.25, -0.2) is 4.39 Å². The summed E-state index contributed by atoms with van der Waals surface area (Å²) in [5.41, 5.74) is 1.13. The zero-order valence-electron chi connectivity index (χ0n) is 9.55. The summed E-state index contributed by atoms with van der Waals surface area (Å²) in [7, 11) is 0. The van der Waals surface area contributed by atoms with Crippen LogP contribution in [-0.4, -0.2) is 0 Å². The Bertz CT molecular complexity index is 321. The van der Waals surface area contributed by atoms with E-state index in [-0.39, 0.29) is 17.3 Å². The highest BCUT2D eigenvalue weighted by Gasteiger charge is 2.24. The summed E-state index contributed by atoms with van der Waals surface area (Å²) in [4.78, 5) is 0. The van der Waals surface area contributed by atoms with E-state index in [9.17, 15) is 4.39 Å². The molecule has 15 heavy (non-hydrogen) atoms. The van der Waals surface area contributed by atoms with Crippen LogP contribution in [0, 0.1) is 11.2 Å². The van der Waals surface area contributed by atoms with Crippen LogP contribution >= 0.6 is 0 Å². The SMILES string of the molecule is C=CNC(c1ccc(F)cc1)C(C)(C)C. The Labute approximate surface area is 91.0 Å². The van der Waals surface area contributed by atoms with Crippen molar-refractivity contribution >= 4 is 0 Å². The van der Waals surface area contributed by atoms with Crippen molar-refractivity contribution < 1.29 is 4.39 Å². The van der Waals surface area contributed by atoms with E-state index in [1.54, 1.807) is 6.20 Å². The molecule has 0 bridgehead atoms. The molecule has 0 fully saturated rings. The van der Waals surface area contributed by atoms with Gasteiger partial charge in [-0.3, -0.25) is 0 Å². The van der Waals surface area contributed by atoms with E-state index in [2.05, 4.69) is 32.7 Å². The molecule has 1 unspecified atom stereocenters. The van der Waals surface area contributed by atoms with Gasteiger partial charge in [0.15, 0.2) is 0 Å². The molecule has 0 aliphatic carbocycles. The van der Waals surface area contributed by atoms with E-state index in [0.717, 1.165) is 5.56 Å². The van der Waals surface area contributed by atoms with Gasteiger partial charge in [-0.05, 0) is 29.3 Å². The van der Waals surface area contributed by atoms with E-state index >= 15 is 0 Å². The molecule has 1 aromatic carbocycles. The third kappa shape index (κ3) is 3.08. The molecule has 0 saturated carbocycles. The highest BCUT2D eigenvalue weighted by atomic mass is 19.1. The minimum atomic E-state index is -0.204. The van der Waals surface area contributed by atoms with Crippen LogP contribution in [0.5, 0.6) is 0 Å². The zero-order chi connectivity index (χ0) is 11.5. The largest absolute Gasteiger partial charge is 0.384 e. The third-order valence-electron chi connectivity index (χ3n) is 2.35. The summed E-state index contributed by atoms with van der Waals surface area (Å²) in [5, 5.41) is 3.20. The number of nitrogens with one attached hydrogen (secondary N) is 1. The lowest BCUT2D eigenvalue weighted by Gasteiger charge is -2.31. The van der Waals surface area contributed by atoms with Gasteiger partial charge >= 0.3 is 0 Å². The van der Waals surface area contributed by atoms with Gasteiger partial charge in [0.1, 0.15) is 5.82 Å². The summed E-state index contributed by atoms with van der Waals surface area (Å²) in [6.07, 6.45) is 1.68. The van der Waals surface area contributed by atoms with Crippen LogP contribution < -0.4 is 5.32 Å². The normalized spacial score (nSPS) is 13.3. The fourth-order valence-electron chi connectivity index (χ4n) is 1.62. The monoisotopic (exact) mass is 207 g/mol. The van der Waals surface area contributed by atoms with Gasteiger partial charge < -0.3 is 5.32 Å². The fourth-order valence-corrected chi connectivity index (χ4v) is 1.62. The lowest BCUT2D eigenvalue weighted by Crippen LogP contribution is -2.28. The van der Waals surface area contributed by atoms with Crippen LogP contribution in [0.3, 0.4) is 0 Å². The molecule has 0 heterocycles. The van der Waals surface area contributed by atoms with Crippen molar-refractivity contribution in [2.75, 3.05) is 0 Å². The zero-order valence-corrected chi connectivity index (χ0v) is 9.55. The molecular weight excluding hydrogens is 189 g/mol. The van der Waals surface area contributed by atoms with Crippen molar-refractivity contribution in [3.05, 3.63) is 48.4 Å². The second kappa shape index (κ2) is 4.47. The minimum Gasteiger partial charge on any atom is -0.384 e. The van der Waals surface area contributed by atoms with Crippen molar-refractivity contribution in [2.45, 2.75) is 26.8 Å². The number of halogens is 1. The molecule has 0 aliphatic rings. The Morgan fingerprint density at radius 3 is 2.20 bits per heavy atom. The molecule has 0 spiro atoms. The van der Waals surface area contributed by atoms with Gasteiger partial charge in [0, 0.05) is 0 Å². The van der Waals surface area contributed by atoms with Crippen molar-refractivity contribution in [3.63, 3.8) is 0 Å². The molecule has 0 aliphatic heterocycles. The first-order valence-electron chi connectivity index (χ1n) is 5.07. The number of rotatable bonds is 3. The fraction of sp³-hybridized carbons (Fsp3) is 0.385. The Balaban J connectivity index is 2.99. The maximum Gasteiger partial charge on any atom is 0.123 e. The van der Waals surface area contributed by atoms with Crippen LogP contribution in [0.2, 0.25) is 0 Å². The van der Waals surface area contributed by atoms with E-state index in [1.807, 2.05) is 12.1 Å². The number of hydrogen-bond donors (Lipinski definition) is 1. The van der Waals surface area contributed by atoms with E-state index in [4.69, 9.17) is 0 Å². The quantitative estimate of drug-likeness (QED) is 0.797. The van der Waals surface area contributed by atoms with E-state index < -0.39 is 0 Å². The first-order chi connectivity index (χ1) is 6.95. The van der Waals surface area contributed by atoms with Crippen LogP contribution in [0.25, 0.3) is 0 Å². The van der Waals surface area contributed by atoms with Gasteiger partial charge in [0.05, 0.1) is 6.04 Å². The molecule has 1 N–H and O–H groups in total. The molecule has 0 radical (unpaired) electrons. The van der Waals surface area contributed by atoms with Crippen molar-refractivity contribution in [1.82, 2.24) is 5.32 Å². The summed E-state index contributed by atoms with van der Waals surface area (Å²) >= 11 is 0. The van der Waals surface area contributed by atoms with Crippen molar-refractivity contribution in [1.29, 1.82) is 0 Å². The predicted molar refractivity (Wildman–Crippen MR) is 61.9 cm³/mol. The van der Waals surface area contributed by atoms with E-state index in [0.29, 0.717) is 0 Å². The Morgan fingerprint density at radius 2 is 1.80 bits per heavy atom. The van der Waals surface area contributed by atoms with Gasteiger partial charge in [-0.15, -0.1) is 0 Å². The predicted octanol–water partition coefficient (Wildman–Crippen LogP) is 3.65. The second-order valence-electron chi connectivity index (χ2n) is 4.72. The molecule has 1 nitrogen and oxygen atoms in total. The molecule has 0 aromatic heterocycles. The maximum atomic E-state index is 12.8. The molecular formula is C13H18FN. The molecule has 1 aromatic rings. The Kier molecular flexibility index (Phi) is 3.51. The van der Waals surface area contributed by atoms with Crippen LogP contribution in [0.4, 0.5) is 4.39 Å². The van der Waals surface area contributed by atoms with Crippen LogP contribution in [-0.2, 0) is 0 Å². The average molecular weight is 207 g/mol. The summed E-state index contributed by atoms with van der Waals surface area (Å²) in [6, 6.07) is 6.73. The van der Waals surface area contributed by atoms with Gasteiger partial charge in [0.2, 0.25) is 0 Å². The smallest absolute Gasteiger partial charge is 0.123 e. The second-order valence-corrected chi connectivity index (χ2v) is 4.72. The highest BCUT2D eigenvalue weighted by Crippen LogP contribution is 2.32. The lowest BCUT2D eigenvalue weighted by molar-refractivity contribution is 0.295. The standard InChI is InChI=1S/C13H18FN/c1-5-15-12(13(2,3)4)10-6-8-11(14)9-7-10/h5-9,12,15H,1H2,2-4H3. The average Bonchev–Trinajstić information content (AvgIpc) is 2.14. The van der Waals surface area contributed by atoms with Gasteiger partial charge in [-0.1, -0.05) is 39.5 Å². The molecule has 82 valence electrons. The molecule has 1 atom stereocenters. The summed E-state index contributed by atoms with van der Waals surface area (Å²) in [5.74, 6) is -0.204. The minimum absolute atomic E-state index is 0.0615. The molecule has 2 heteroatoms. The van der Waals surface area contributed by atoms with Gasteiger partial charge in [-0.2, -0.15) is 0 Å². The van der Waals surface area contributed by atoms with Crippen LogP contribution in [0.15, 0.2) is 37.0 Å². The Morgan fingerprint density at radius 1 is 1.27 bits per heavy atom. The summed E-state index contributed by atoms with van der Waals surface area (Å²) in [6.45, 7) is 10.1. The maximum absolute atomic E-state index is 12.8. The molecule has 0 amide bonds. The number of benzene rings is 1. The van der Waals surface area contributed by atoms with Crippen LogP contribution in [0.1, 0.15) is 32.4 Å². The topological polar surface area (TPSA) is 12.0 Å². The first-order valence-corrected chi connectivity index (χ1v) is 5.07. The van der Waals surface area contributed by atoms with Crippen molar-refractivity contribution in [2.24, 2.45) is 5.41 Å². The van der Waals surface area contributed by atoms with Gasteiger partial charge in [0.25, 0.3) is 0 Å². The first kappa shape index (κ1) is 11.8. The van der Waals surface area contributed by atoms with E-state index in [1.165, 1.54) is 12.1 Å². The van der Waals surface area contributed by atoms with Crippen molar-refractivity contribution in [3.8, 4) is 0 Å². The Hall–Kier alpha value is -1.31. The molecule has 0 saturated heterocycles. The highest BCUT2D eigenvalue weighted by molar-refractivity contribution is 5.22. The number of hydrogen-bond acceptors (Lipinski definition) is 1. The lowest BCUT2D eigenvalue weighted by atomic mass is 9.82. The third-order valence-corrected chi connectivity index (χ3v) is 2.35.